The van der Waals surface area contributed by atoms with Crippen molar-refractivity contribution in [3.63, 3.8) is 0 Å². The summed E-state index contributed by atoms with van der Waals surface area (Å²) in [7, 11) is 2.21. The second kappa shape index (κ2) is 1.96. The highest BCUT2D eigenvalue weighted by atomic mass is 15.4. The molecule has 0 aromatic carbocycles. The van der Waals surface area contributed by atoms with Crippen LogP contribution in [0.25, 0.3) is 0 Å². The van der Waals surface area contributed by atoms with E-state index in [1.54, 1.807) is 0 Å². The molecule has 0 aromatic heterocycles. The van der Waals surface area contributed by atoms with Gasteiger partial charge in [0.1, 0.15) is 0 Å². The first kappa shape index (κ1) is 5.69. The molecule has 2 rings (SSSR count). The Morgan fingerprint density at radius 2 is 2.00 bits per heavy atom. The van der Waals surface area contributed by atoms with E-state index in [-0.39, 0.29) is 0 Å². The fourth-order valence-electron chi connectivity index (χ4n) is 1.60. The van der Waals surface area contributed by atoms with Gasteiger partial charge in [0.25, 0.3) is 0 Å². The van der Waals surface area contributed by atoms with Gasteiger partial charge in [0.2, 0.25) is 0 Å². The van der Waals surface area contributed by atoms with Crippen molar-refractivity contribution in [3.05, 3.63) is 0 Å². The van der Waals surface area contributed by atoms with E-state index in [0.717, 1.165) is 6.17 Å². The first-order valence-electron chi connectivity index (χ1n) is 3.82. The summed E-state index contributed by atoms with van der Waals surface area (Å²) in [6.07, 6.45) is 3.64. The molecule has 0 aliphatic carbocycles. The molecule has 0 amide bonds. The van der Waals surface area contributed by atoms with Gasteiger partial charge >= 0.3 is 0 Å². The van der Waals surface area contributed by atoms with E-state index in [1.807, 2.05) is 0 Å². The van der Waals surface area contributed by atoms with Crippen LogP contribution in [0.4, 0.5) is 0 Å². The molecule has 0 saturated carbocycles. The van der Waals surface area contributed by atoms with E-state index in [1.165, 1.54) is 32.5 Å². The van der Waals surface area contributed by atoms with E-state index in [4.69, 9.17) is 0 Å². The van der Waals surface area contributed by atoms with Crippen molar-refractivity contribution < 1.29 is 0 Å². The van der Waals surface area contributed by atoms with Gasteiger partial charge in [-0.05, 0) is 19.9 Å². The van der Waals surface area contributed by atoms with Crippen LogP contribution >= 0.6 is 0 Å². The van der Waals surface area contributed by atoms with Gasteiger partial charge in [0.15, 0.2) is 0 Å². The SMILES string of the molecule is CN1CCC1N1CCC1. The second-order valence-corrected chi connectivity index (χ2v) is 3.14. The zero-order chi connectivity index (χ0) is 6.27. The van der Waals surface area contributed by atoms with Gasteiger partial charge in [-0.2, -0.15) is 0 Å². The van der Waals surface area contributed by atoms with Gasteiger partial charge in [-0.3, -0.25) is 9.80 Å². The summed E-state index contributed by atoms with van der Waals surface area (Å²) in [4.78, 5) is 4.99. The van der Waals surface area contributed by atoms with Gasteiger partial charge in [-0.1, -0.05) is 0 Å². The molecule has 1 atom stereocenters. The average molecular weight is 126 g/mol. The van der Waals surface area contributed by atoms with Crippen LogP contribution < -0.4 is 0 Å². The predicted octanol–water partition coefficient (Wildman–Crippen LogP) is 0.354. The lowest BCUT2D eigenvalue weighted by Gasteiger charge is -2.49. The molecular formula is C7H14N2. The fraction of sp³-hybridized carbons (Fsp3) is 1.00. The third-order valence-electron chi connectivity index (χ3n) is 2.56. The lowest BCUT2D eigenvalue weighted by Crippen LogP contribution is -2.59. The van der Waals surface area contributed by atoms with Gasteiger partial charge in [-0.25, -0.2) is 0 Å². The molecule has 2 heterocycles. The monoisotopic (exact) mass is 126 g/mol. The Morgan fingerprint density at radius 1 is 1.22 bits per heavy atom. The van der Waals surface area contributed by atoms with Crippen LogP contribution in [0.5, 0.6) is 0 Å². The summed E-state index contributed by atoms with van der Waals surface area (Å²) in [5.74, 6) is 0. The highest BCUT2D eigenvalue weighted by Gasteiger charge is 2.32. The maximum Gasteiger partial charge on any atom is 0.0632 e. The third kappa shape index (κ3) is 0.775. The third-order valence-corrected chi connectivity index (χ3v) is 2.56. The Kier molecular flexibility index (Phi) is 1.24. The summed E-state index contributed by atoms with van der Waals surface area (Å²) in [5.41, 5.74) is 0. The van der Waals surface area contributed by atoms with Crippen molar-refractivity contribution in [2.24, 2.45) is 0 Å². The highest BCUT2D eigenvalue weighted by Crippen LogP contribution is 2.22. The smallest absolute Gasteiger partial charge is 0.0632 e. The lowest BCUT2D eigenvalue weighted by atomic mass is 10.1. The van der Waals surface area contributed by atoms with Gasteiger partial charge in [0.05, 0.1) is 6.17 Å². The maximum absolute atomic E-state index is 2.56. The number of rotatable bonds is 1. The summed E-state index contributed by atoms with van der Waals surface area (Å²) < 4.78 is 0. The van der Waals surface area contributed by atoms with Crippen molar-refractivity contribution in [3.8, 4) is 0 Å². The molecule has 1 unspecified atom stereocenters. The summed E-state index contributed by atoms with van der Waals surface area (Å²) in [6.45, 7) is 3.99. The van der Waals surface area contributed by atoms with E-state index in [9.17, 15) is 0 Å². The molecule has 52 valence electrons. The van der Waals surface area contributed by atoms with Gasteiger partial charge < -0.3 is 0 Å². The molecule has 2 fully saturated rings. The van der Waals surface area contributed by atoms with Crippen molar-refractivity contribution >= 4 is 0 Å². The predicted molar refractivity (Wildman–Crippen MR) is 37.2 cm³/mol. The molecule has 0 spiro atoms. The summed E-state index contributed by atoms with van der Waals surface area (Å²) in [6, 6.07) is 0. The van der Waals surface area contributed by atoms with E-state index < -0.39 is 0 Å². The standard InChI is InChI=1S/C7H14N2/c1-8-6-3-7(8)9-4-2-5-9/h7H,2-6H2,1H3. The Hall–Kier alpha value is -0.0800. The molecular weight excluding hydrogens is 112 g/mol. The van der Waals surface area contributed by atoms with Crippen LogP contribution in [-0.2, 0) is 0 Å². The first-order valence-corrected chi connectivity index (χ1v) is 3.82. The molecule has 0 aromatic rings. The zero-order valence-corrected chi connectivity index (χ0v) is 6.01. The molecule has 0 N–H and O–H groups in total. The van der Waals surface area contributed by atoms with E-state index >= 15 is 0 Å². The lowest BCUT2D eigenvalue weighted by molar-refractivity contribution is -0.0479. The Labute approximate surface area is 56.4 Å². The molecule has 2 aliphatic heterocycles. The number of hydrogen-bond acceptors (Lipinski definition) is 2. The maximum atomic E-state index is 2.56. The van der Waals surface area contributed by atoms with Crippen LogP contribution in [0, 0.1) is 0 Å². The minimum atomic E-state index is 0.818. The highest BCUT2D eigenvalue weighted by molar-refractivity contribution is 4.84. The van der Waals surface area contributed by atoms with Crippen LogP contribution in [0.2, 0.25) is 0 Å². The van der Waals surface area contributed by atoms with Crippen molar-refractivity contribution in [1.29, 1.82) is 0 Å². The number of nitrogens with zero attached hydrogens (tertiary/aromatic N) is 2. The summed E-state index contributed by atoms with van der Waals surface area (Å²) >= 11 is 0. The van der Waals surface area contributed by atoms with Crippen molar-refractivity contribution in [1.82, 2.24) is 9.80 Å². The number of hydrogen-bond donors (Lipinski definition) is 0. The van der Waals surface area contributed by atoms with E-state index in [2.05, 4.69) is 16.8 Å². The Bertz CT molecular complexity index is 109. The molecule has 9 heavy (non-hydrogen) atoms. The molecule has 2 nitrogen and oxygen atoms in total. The Morgan fingerprint density at radius 3 is 2.11 bits per heavy atom. The van der Waals surface area contributed by atoms with Crippen LogP contribution in [0.1, 0.15) is 12.8 Å². The van der Waals surface area contributed by atoms with Crippen LogP contribution in [0.15, 0.2) is 0 Å². The zero-order valence-electron chi connectivity index (χ0n) is 6.01. The number of likely N-dealkylation sites (tertiary alicyclic amines) is 2. The first-order chi connectivity index (χ1) is 4.38. The van der Waals surface area contributed by atoms with Crippen LogP contribution in [-0.4, -0.2) is 42.6 Å². The topological polar surface area (TPSA) is 6.48 Å². The summed E-state index contributed by atoms with van der Waals surface area (Å²) in [5, 5.41) is 0. The largest absolute Gasteiger partial charge is 0.291 e. The molecule has 2 aliphatic rings. The van der Waals surface area contributed by atoms with E-state index in [0.29, 0.717) is 0 Å². The second-order valence-electron chi connectivity index (χ2n) is 3.14. The van der Waals surface area contributed by atoms with Crippen molar-refractivity contribution in [2.75, 3.05) is 26.7 Å². The molecule has 2 heteroatoms. The quantitative estimate of drug-likeness (QED) is 0.500. The van der Waals surface area contributed by atoms with Gasteiger partial charge in [-0.15, -0.1) is 0 Å². The van der Waals surface area contributed by atoms with Crippen molar-refractivity contribution in [2.45, 2.75) is 19.0 Å². The normalized spacial score (nSPS) is 37.7. The minimum absolute atomic E-state index is 0.818. The van der Waals surface area contributed by atoms with Gasteiger partial charge in [0, 0.05) is 19.6 Å². The molecule has 0 radical (unpaired) electrons. The molecule has 0 bridgehead atoms. The minimum Gasteiger partial charge on any atom is -0.291 e. The Balaban J connectivity index is 1.83. The fourth-order valence-corrected chi connectivity index (χ4v) is 1.60. The van der Waals surface area contributed by atoms with Crippen LogP contribution in [0.3, 0.4) is 0 Å². The average Bonchev–Trinajstić information content (AvgIpc) is 1.74. The molecule has 2 saturated heterocycles.